The third kappa shape index (κ3) is 4.40. The summed E-state index contributed by atoms with van der Waals surface area (Å²) in [6.07, 6.45) is 3.32. The maximum absolute atomic E-state index is 13.6. The molecule has 1 aliphatic heterocycles. The number of hydrogen-bond acceptors (Lipinski definition) is 5. The van der Waals surface area contributed by atoms with Gasteiger partial charge in [-0.25, -0.2) is 0 Å². The summed E-state index contributed by atoms with van der Waals surface area (Å²) in [4.78, 5) is 24.8. The minimum Gasteiger partial charge on any atom is -0.493 e. The third-order valence-electron chi connectivity index (χ3n) is 6.20. The van der Waals surface area contributed by atoms with Crippen LogP contribution in [0.5, 0.6) is 5.75 Å². The van der Waals surface area contributed by atoms with E-state index in [9.17, 15) is 4.79 Å². The fourth-order valence-electron chi connectivity index (χ4n) is 4.59. The second-order valence-electron chi connectivity index (χ2n) is 8.91. The highest BCUT2D eigenvalue weighted by Crippen LogP contribution is 2.37. The number of nitrogens with one attached hydrogen (secondary N) is 1. The molecule has 0 fully saturated rings. The Hall–Kier alpha value is -3.35. The van der Waals surface area contributed by atoms with E-state index in [-0.39, 0.29) is 17.9 Å². The van der Waals surface area contributed by atoms with Gasteiger partial charge in [0.15, 0.2) is 0 Å². The number of benzene rings is 2. The number of amides is 1. The predicted octanol–water partition coefficient (Wildman–Crippen LogP) is 6.17. The first-order valence-electron chi connectivity index (χ1n) is 11.3. The van der Waals surface area contributed by atoms with Gasteiger partial charge in [0.05, 0.1) is 35.1 Å². The van der Waals surface area contributed by atoms with E-state index in [1.807, 2.05) is 49.3 Å². The van der Waals surface area contributed by atoms with Gasteiger partial charge in [-0.3, -0.25) is 14.8 Å². The minimum absolute atomic E-state index is 0.119. The molecule has 2 atom stereocenters. The van der Waals surface area contributed by atoms with Crippen molar-refractivity contribution in [3.05, 3.63) is 82.1 Å². The first-order valence-corrected chi connectivity index (χ1v) is 12.0. The summed E-state index contributed by atoms with van der Waals surface area (Å²) in [5.74, 6) is 0.727. The smallest absolute Gasteiger partial charge is 0.255 e. The molecule has 0 radical (unpaired) electrons. The number of nitrogens with zero attached hydrogens (tertiary/aromatic N) is 3. The molecule has 178 valence electrons. The number of hydrogen-bond donors (Lipinski definition) is 1. The number of anilines is 1. The molecule has 1 aliphatic rings. The van der Waals surface area contributed by atoms with Crippen LogP contribution >= 0.6 is 23.2 Å². The summed E-state index contributed by atoms with van der Waals surface area (Å²) in [6, 6.07) is 14.8. The van der Waals surface area contributed by atoms with Gasteiger partial charge in [0, 0.05) is 59.0 Å². The third-order valence-corrected chi connectivity index (χ3v) is 6.63. The van der Waals surface area contributed by atoms with Gasteiger partial charge in [-0.1, -0.05) is 48.3 Å². The average molecular weight is 507 g/mol. The van der Waals surface area contributed by atoms with Crippen LogP contribution in [0.3, 0.4) is 0 Å². The fraction of sp³-hybridized carbons (Fsp3) is 0.222. The van der Waals surface area contributed by atoms with Crippen molar-refractivity contribution in [3.8, 4) is 17.0 Å². The van der Waals surface area contributed by atoms with Crippen LogP contribution in [0.2, 0.25) is 10.0 Å². The lowest BCUT2D eigenvalue weighted by Gasteiger charge is -2.32. The Morgan fingerprint density at radius 2 is 1.83 bits per heavy atom. The molecule has 35 heavy (non-hydrogen) atoms. The SMILES string of the molecule is C[C@H]1COc2ccccc2[C@H]1NC(=O)c1cnc2c(-c3cc(Cl)cc(Cl)c3)nccc2c1N(C)C. The molecule has 2 aromatic carbocycles. The van der Waals surface area contributed by atoms with E-state index >= 15 is 0 Å². The number of rotatable bonds is 4. The molecule has 0 spiro atoms. The van der Waals surface area contributed by atoms with Crippen molar-refractivity contribution in [2.75, 3.05) is 25.6 Å². The number of carbonyl (C=O) groups is 1. The second kappa shape index (κ2) is 9.36. The van der Waals surface area contributed by atoms with Crippen LogP contribution in [0, 0.1) is 5.92 Å². The number of fused-ring (bicyclic) bond motifs is 2. The van der Waals surface area contributed by atoms with Crippen molar-refractivity contribution < 1.29 is 9.53 Å². The second-order valence-corrected chi connectivity index (χ2v) is 9.78. The number of pyridine rings is 2. The standard InChI is InChI=1S/C27H24Cl2N4O2/c1-15-14-35-22-7-5-4-6-19(22)23(15)32-27(34)21-13-31-25-20(26(21)33(2)3)8-9-30-24(25)16-10-17(28)12-18(29)11-16/h4-13,15,23H,14H2,1-3H3,(H,32,34)/t15-,23-/m0/s1. The van der Waals surface area contributed by atoms with Gasteiger partial charge >= 0.3 is 0 Å². The zero-order chi connectivity index (χ0) is 24.7. The monoisotopic (exact) mass is 506 g/mol. The normalized spacial score (nSPS) is 16.9. The van der Waals surface area contributed by atoms with Crippen LogP contribution in [0.4, 0.5) is 5.69 Å². The van der Waals surface area contributed by atoms with Crippen molar-refractivity contribution in [2.45, 2.75) is 13.0 Å². The maximum atomic E-state index is 13.6. The van der Waals surface area contributed by atoms with Gasteiger partial charge in [0.25, 0.3) is 5.91 Å². The Balaban J connectivity index is 1.59. The maximum Gasteiger partial charge on any atom is 0.255 e. The highest BCUT2D eigenvalue weighted by molar-refractivity contribution is 6.35. The fourth-order valence-corrected chi connectivity index (χ4v) is 5.12. The van der Waals surface area contributed by atoms with Crippen LogP contribution in [0.1, 0.15) is 28.9 Å². The van der Waals surface area contributed by atoms with Gasteiger partial charge < -0.3 is 15.0 Å². The summed E-state index contributed by atoms with van der Waals surface area (Å²) >= 11 is 12.5. The number of ether oxygens (including phenoxy) is 1. The molecule has 5 rings (SSSR count). The quantitative estimate of drug-likeness (QED) is 0.358. The molecule has 0 aliphatic carbocycles. The van der Waals surface area contributed by atoms with Crippen LogP contribution in [-0.2, 0) is 0 Å². The molecule has 0 bridgehead atoms. The van der Waals surface area contributed by atoms with E-state index in [0.29, 0.717) is 33.4 Å². The molecule has 1 amide bonds. The summed E-state index contributed by atoms with van der Waals surface area (Å²) in [5, 5.41) is 5.07. The number of carbonyl (C=O) groups excluding carboxylic acids is 1. The molecule has 3 heterocycles. The number of halogens is 2. The molecule has 6 nitrogen and oxygen atoms in total. The highest BCUT2D eigenvalue weighted by Gasteiger charge is 2.30. The molecular weight excluding hydrogens is 483 g/mol. The van der Waals surface area contributed by atoms with Gasteiger partial charge in [0.1, 0.15) is 5.75 Å². The Morgan fingerprint density at radius 1 is 1.09 bits per heavy atom. The molecule has 0 unspecified atom stereocenters. The Kier molecular flexibility index (Phi) is 6.26. The first kappa shape index (κ1) is 23.4. The average Bonchev–Trinajstić information content (AvgIpc) is 2.83. The van der Waals surface area contributed by atoms with Crippen molar-refractivity contribution in [2.24, 2.45) is 5.92 Å². The first-order chi connectivity index (χ1) is 16.8. The highest BCUT2D eigenvalue weighted by atomic mass is 35.5. The van der Waals surface area contributed by atoms with Crippen molar-refractivity contribution in [1.29, 1.82) is 0 Å². The Bertz CT molecular complexity index is 1420. The van der Waals surface area contributed by atoms with Gasteiger partial charge in [-0.05, 0) is 30.3 Å². The van der Waals surface area contributed by atoms with Crippen molar-refractivity contribution in [1.82, 2.24) is 15.3 Å². The lowest BCUT2D eigenvalue weighted by Crippen LogP contribution is -2.38. The van der Waals surface area contributed by atoms with E-state index in [1.165, 1.54) is 0 Å². The molecular formula is C27H24Cl2N4O2. The van der Waals surface area contributed by atoms with E-state index in [4.69, 9.17) is 27.9 Å². The van der Waals surface area contributed by atoms with E-state index in [0.717, 1.165) is 28.0 Å². The Labute approximate surface area is 213 Å². The van der Waals surface area contributed by atoms with E-state index < -0.39 is 0 Å². The molecule has 1 N–H and O–H groups in total. The van der Waals surface area contributed by atoms with Gasteiger partial charge in [0.2, 0.25) is 0 Å². The largest absolute Gasteiger partial charge is 0.493 e. The van der Waals surface area contributed by atoms with Crippen LogP contribution < -0.4 is 15.0 Å². The van der Waals surface area contributed by atoms with E-state index in [1.54, 1.807) is 30.6 Å². The lowest BCUT2D eigenvalue weighted by molar-refractivity contribution is 0.0898. The van der Waals surface area contributed by atoms with Crippen molar-refractivity contribution >= 4 is 45.7 Å². The molecule has 2 aromatic heterocycles. The number of aromatic nitrogens is 2. The topological polar surface area (TPSA) is 67.3 Å². The van der Waals surface area contributed by atoms with Crippen LogP contribution in [0.25, 0.3) is 22.2 Å². The molecule has 0 saturated heterocycles. The Morgan fingerprint density at radius 3 is 2.57 bits per heavy atom. The lowest BCUT2D eigenvalue weighted by atomic mass is 9.91. The zero-order valence-electron chi connectivity index (χ0n) is 19.5. The minimum atomic E-state index is -0.194. The molecule has 8 heteroatoms. The van der Waals surface area contributed by atoms with Crippen LogP contribution in [-0.4, -0.2) is 36.6 Å². The summed E-state index contributed by atoms with van der Waals surface area (Å²) in [7, 11) is 3.82. The number of para-hydroxylation sites is 1. The van der Waals surface area contributed by atoms with Crippen LogP contribution in [0.15, 0.2) is 60.9 Å². The van der Waals surface area contributed by atoms with Gasteiger partial charge in [-0.2, -0.15) is 0 Å². The molecule has 4 aromatic rings. The zero-order valence-corrected chi connectivity index (χ0v) is 21.1. The predicted molar refractivity (Wildman–Crippen MR) is 141 cm³/mol. The van der Waals surface area contributed by atoms with Gasteiger partial charge in [-0.15, -0.1) is 0 Å². The summed E-state index contributed by atoms with van der Waals surface area (Å²) in [6.45, 7) is 2.61. The van der Waals surface area contributed by atoms with E-state index in [2.05, 4.69) is 22.2 Å². The summed E-state index contributed by atoms with van der Waals surface area (Å²) < 4.78 is 5.85. The molecule has 0 saturated carbocycles. The summed E-state index contributed by atoms with van der Waals surface area (Å²) in [5.41, 5.74) is 4.29. The van der Waals surface area contributed by atoms with Crippen molar-refractivity contribution in [3.63, 3.8) is 0 Å².